The summed E-state index contributed by atoms with van der Waals surface area (Å²) in [6.07, 6.45) is 7.81. The number of nitrogens with zero attached hydrogens (tertiary/aromatic N) is 5. The highest BCUT2D eigenvalue weighted by Gasteiger charge is 2.24. The monoisotopic (exact) mass is 249 g/mol. The molecule has 100 valence electrons. The van der Waals surface area contributed by atoms with Gasteiger partial charge in [-0.25, -0.2) is 4.68 Å². The van der Waals surface area contributed by atoms with Crippen LogP contribution in [0.3, 0.4) is 0 Å². The molecule has 1 atom stereocenters. The highest BCUT2D eigenvalue weighted by molar-refractivity contribution is 4.87. The van der Waals surface area contributed by atoms with Crippen molar-refractivity contribution in [3.63, 3.8) is 0 Å². The molecule has 0 N–H and O–H groups in total. The van der Waals surface area contributed by atoms with E-state index in [2.05, 4.69) is 32.0 Å². The standard InChI is InChI=1S/C13H23N5/c1-11-5-4-8-17(9-11)10-13-14-15-16-18(13)12-6-2-3-7-12/h11-12H,2-10H2,1H3. The van der Waals surface area contributed by atoms with Crippen LogP contribution in [0.5, 0.6) is 0 Å². The molecule has 1 aliphatic carbocycles. The number of likely N-dealkylation sites (tertiary alicyclic amines) is 1. The molecule has 2 fully saturated rings. The number of tetrazole rings is 1. The lowest BCUT2D eigenvalue weighted by molar-refractivity contribution is 0.168. The van der Waals surface area contributed by atoms with Crippen LogP contribution in [0, 0.1) is 5.92 Å². The van der Waals surface area contributed by atoms with Crippen LogP contribution < -0.4 is 0 Å². The van der Waals surface area contributed by atoms with Gasteiger partial charge in [-0.1, -0.05) is 19.8 Å². The van der Waals surface area contributed by atoms with E-state index in [1.165, 1.54) is 51.6 Å². The van der Waals surface area contributed by atoms with E-state index < -0.39 is 0 Å². The van der Waals surface area contributed by atoms with Crippen LogP contribution in [0.2, 0.25) is 0 Å². The van der Waals surface area contributed by atoms with Crippen molar-refractivity contribution < 1.29 is 0 Å². The first kappa shape index (κ1) is 12.1. The fourth-order valence-electron chi connectivity index (χ4n) is 3.38. The Morgan fingerprint density at radius 2 is 2.00 bits per heavy atom. The van der Waals surface area contributed by atoms with Crippen LogP contribution >= 0.6 is 0 Å². The van der Waals surface area contributed by atoms with Crippen molar-refractivity contribution in [2.75, 3.05) is 13.1 Å². The van der Waals surface area contributed by atoms with Crippen molar-refractivity contribution >= 4 is 0 Å². The molecular formula is C13H23N5. The lowest BCUT2D eigenvalue weighted by Gasteiger charge is -2.30. The molecule has 1 unspecified atom stereocenters. The van der Waals surface area contributed by atoms with E-state index in [1.54, 1.807) is 0 Å². The smallest absolute Gasteiger partial charge is 0.165 e. The minimum absolute atomic E-state index is 0.553. The summed E-state index contributed by atoms with van der Waals surface area (Å²) < 4.78 is 2.09. The summed E-state index contributed by atoms with van der Waals surface area (Å²) in [6, 6.07) is 0.553. The van der Waals surface area contributed by atoms with Crippen molar-refractivity contribution in [3.05, 3.63) is 5.82 Å². The predicted molar refractivity (Wildman–Crippen MR) is 69.0 cm³/mol. The van der Waals surface area contributed by atoms with Crippen LogP contribution in [0.4, 0.5) is 0 Å². The number of rotatable bonds is 3. The Kier molecular flexibility index (Phi) is 3.59. The van der Waals surface area contributed by atoms with E-state index in [1.807, 2.05) is 0 Å². The van der Waals surface area contributed by atoms with E-state index in [-0.39, 0.29) is 0 Å². The molecule has 0 amide bonds. The fraction of sp³-hybridized carbons (Fsp3) is 0.923. The van der Waals surface area contributed by atoms with Crippen LogP contribution in [0.25, 0.3) is 0 Å². The van der Waals surface area contributed by atoms with Crippen LogP contribution in [-0.2, 0) is 6.54 Å². The molecule has 0 bridgehead atoms. The third kappa shape index (κ3) is 2.55. The summed E-state index contributed by atoms with van der Waals surface area (Å²) >= 11 is 0. The van der Waals surface area contributed by atoms with Crippen LogP contribution in [0.15, 0.2) is 0 Å². The van der Waals surface area contributed by atoms with Crippen molar-refractivity contribution in [2.24, 2.45) is 5.92 Å². The molecule has 5 heteroatoms. The van der Waals surface area contributed by atoms with E-state index >= 15 is 0 Å². The second kappa shape index (κ2) is 5.34. The average molecular weight is 249 g/mol. The minimum Gasteiger partial charge on any atom is -0.296 e. The van der Waals surface area contributed by atoms with Gasteiger partial charge in [-0.15, -0.1) is 5.10 Å². The zero-order valence-electron chi connectivity index (χ0n) is 11.3. The van der Waals surface area contributed by atoms with Gasteiger partial charge in [0.2, 0.25) is 0 Å². The van der Waals surface area contributed by atoms with E-state index in [4.69, 9.17) is 0 Å². The lowest BCUT2D eigenvalue weighted by Crippen LogP contribution is -2.34. The van der Waals surface area contributed by atoms with Crippen LogP contribution in [0.1, 0.15) is 57.3 Å². The van der Waals surface area contributed by atoms with Gasteiger partial charge >= 0.3 is 0 Å². The number of hydrogen-bond donors (Lipinski definition) is 0. The SMILES string of the molecule is CC1CCCN(Cc2nnnn2C2CCCC2)C1. The molecule has 18 heavy (non-hydrogen) atoms. The zero-order valence-corrected chi connectivity index (χ0v) is 11.3. The average Bonchev–Trinajstić information content (AvgIpc) is 2.98. The highest BCUT2D eigenvalue weighted by atomic mass is 15.6. The molecular weight excluding hydrogens is 226 g/mol. The normalized spacial score (nSPS) is 26.8. The maximum absolute atomic E-state index is 4.24. The second-order valence-corrected chi connectivity index (χ2v) is 5.96. The van der Waals surface area contributed by atoms with Gasteiger partial charge in [0.25, 0.3) is 0 Å². The Hall–Kier alpha value is -0.970. The molecule has 1 saturated heterocycles. The van der Waals surface area contributed by atoms with E-state index in [0.29, 0.717) is 6.04 Å². The van der Waals surface area contributed by atoms with Crippen LogP contribution in [-0.4, -0.2) is 38.2 Å². The summed E-state index contributed by atoms with van der Waals surface area (Å²) in [5, 5.41) is 12.3. The maximum Gasteiger partial charge on any atom is 0.165 e. The molecule has 1 saturated carbocycles. The zero-order chi connectivity index (χ0) is 12.4. The molecule has 0 spiro atoms. The molecule has 0 aromatic carbocycles. The summed E-state index contributed by atoms with van der Waals surface area (Å²) in [6.45, 7) is 5.65. The van der Waals surface area contributed by atoms with Gasteiger partial charge in [0, 0.05) is 6.54 Å². The van der Waals surface area contributed by atoms with Gasteiger partial charge in [0.05, 0.1) is 12.6 Å². The molecule has 1 aromatic rings. The van der Waals surface area contributed by atoms with E-state index in [0.717, 1.165) is 18.3 Å². The molecule has 0 radical (unpaired) electrons. The molecule has 1 aromatic heterocycles. The van der Waals surface area contributed by atoms with Crippen molar-refractivity contribution in [1.29, 1.82) is 0 Å². The fourth-order valence-corrected chi connectivity index (χ4v) is 3.38. The van der Waals surface area contributed by atoms with Gasteiger partial charge in [0.1, 0.15) is 0 Å². The summed E-state index contributed by atoms with van der Waals surface area (Å²) in [7, 11) is 0. The lowest BCUT2D eigenvalue weighted by atomic mass is 10.0. The maximum atomic E-state index is 4.24. The first-order chi connectivity index (χ1) is 8.83. The Bertz CT molecular complexity index is 382. The molecule has 2 aliphatic rings. The largest absolute Gasteiger partial charge is 0.296 e. The van der Waals surface area contributed by atoms with Gasteiger partial charge in [-0.3, -0.25) is 4.90 Å². The van der Waals surface area contributed by atoms with Crippen molar-refractivity contribution in [3.8, 4) is 0 Å². The molecule has 1 aliphatic heterocycles. The minimum atomic E-state index is 0.553. The van der Waals surface area contributed by atoms with Crippen molar-refractivity contribution in [2.45, 2.75) is 58.0 Å². The van der Waals surface area contributed by atoms with Crippen molar-refractivity contribution in [1.82, 2.24) is 25.1 Å². The third-order valence-corrected chi connectivity index (χ3v) is 4.34. The van der Waals surface area contributed by atoms with E-state index in [9.17, 15) is 0 Å². The Balaban J connectivity index is 1.66. The number of piperidine rings is 1. The van der Waals surface area contributed by atoms with Gasteiger partial charge in [-0.05, 0) is 48.6 Å². The summed E-state index contributed by atoms with van der Waals surface area (Å²) in [5.41, 5.74) is 0. The molecule has 5 nitrogen and oxygen atoms in total. The third-order valence-electron chi connectivity index (χ3n) is 4.34. The number of aromatic nitrogens is 4. The first-order valence-corrected chi connectivity index (χ1v) is 7.32. The topological polar surface area (TPSA) is 46.8 Å². The Morgan fingerprint density at radius 3 is 2.78 bits per heavy atom. The summed E-state index contributed by atoms with van der Waals surface area (Å²) in [5.74, 6) is 1.88. The molecule has 2 heterocycles. The first-order valence-electron chi connectivity index (χ1n) is 7.32. The predicted octanol–water partition coefficient (Wildman–Crippen LogP) is 2.02. The van der Waals surface area contributed by atoms with Gasteiger partial charge < -0.3 is 0 Å². The highest BCUT2D eigenvalue weighted by Crippen LogP contribution is 2.29. The van der Waals surface area contributed by atoms with Gasteiger partial charge in [-0.2, -0.15) is 0 Å². The molecule has 3 rings (SSSR count). The summed E-state index contributed by atoms with van der Waals surface area (Å²) in [4.78, 5) is 2.51. The second-order valence-electron chi connectivity index (χ2n) is 5.96. The number of hydrogen-bond acceptors (Lipinski definition) is 4. The Morgan fingerprint density at radius 1 is 1.17 bits per heavy atom. The Labute approximate surface area is 109 Å². The van der Waals surface area contributed by atoms with Gasteiger partial charge in [0.15, 0.2) is 5.82 Å². The quantitative estimate of drug-likeness (QED) is 0.822.